The Hall–Kier alpha value is -4.69. The van der Waals surface area contributed by atoms with Gasteiger partial charge in [0.05, 0.1) is 35.7 Å². The number of nitrogens with zero attached hydrogens (tertiary/aromatic N) is 3. The van der Waals surface area contributed by atoms with Crippen LogP contribution < -0.4 is 10.9 Å². The second kappa shape index (κ2) is 9.40. The molecule has 184 valence electrons. The van der Waals surface area contributed by atoms with Crippen molar-refractivity contribution in [2.24, 2.45) is 0 Å². The van der Waals surface area contributed by atoms with Gasteiger partial charge in [0.15, 0.2) is 0 Å². The van der Waals surface area contributed by atoms with Gasteiger partial charge in [0.2, 0.25) is 0 Å². The molecule has 0 spiro atoms. The number of aromatic amines is 2. The van der Waals surface area contributed by atoms with Crippen molar-refractivity contribution in [3.05, 3.63) is 107 Å². The summed E-state index contributed by atoms with van der Waals surface area (Å²) in [5, 5.41) is 15.9. The lowest BCUT2D eigenvalue weighted by Gasteiger charge is -2.19. The molecule has 0 unspecified atom stereocenters. The number of H-pyrrole nitrogens is 2. The fourth-order valence-electron chi connectivity index (χ4n) is 4.82. The number of aryl methyl sites for hydroxylation is 1. The van der Waals surface area contributed by atoms with Gasteiger partial charge in [0, 0.05) is 24.3 Å². The summed E-state index contributed by atoms with van der Waals surface area (Å²) in [6, 6.07) is 20.0. The number of anilines is 1. The third-order valence-electron chi connectivity index (χ3n) is 6.64. The minimum absolute atomic E-state index is 0.0907. The van der Waals surface area contributed by atoms with Crippen molar-refractivity contribution in [1.29, 1.82) is 0 Å². The quantitative estimate of drug-likeness (QED) is 0.262. The molecule has 6 aromatic rings. The lowest BCUT2D eigenvalue weighted by atomic mass is 10.0. The number of hydrogen-bond acceptors (Lipinski definition) is 5. The minimum atomic E-state index is -0.291. The fourth-order valence-corrected chi connectivity index (χ4v) is 4.82. The van der Waals surface area contributed by atoms with Crippen molar-refractivity contribution < 1.29 is 5.11 Å². The summed E-state index contributed by atoms with van der Waals surface area (Å²) in [5.74, 6) is 0.465. The van der Waals surface area contributed by atoms with Crippen LogP contribution in [0.25, 0.3) is 38.9 Å². The van der Waals surface area contributed by atoms with Gasteiger partial charge in [-0.25, -0.2) is 9.97 Å². The van der Waals surface area contributed by atoms with E-state index in [0.717, 1.165) is 33.2 Å². The lowest BCUT2D eigenvalue weighted by molar-refractivity contribution is 0.274. The summed E-state index contributed by atoms with van der Waals surface area (Å²) in [7, 11) is 0. The number of aromatic nitrogens is 5. The second-order valence-corrected chi connectivity index (χ2v) is 9.22. The fraction of sp³-hybridized carbons (Fsp3) is 0.138. The summed E-state index contributed by atoms with van der Waals surface area (Å²) >= 11 is 0. The molecule has 0 amide bonds. The minimum Gasteiger partial charge on any atom is -0.394 e. The number of imidazole rings is 2. The number of benzene rings is 3. The number of aliphatic hydroxyl groups excluding tert-OH is 1. The predicted molar refractivity (Wildman–Crippen MR) is 146 cm³/mol. The highest BCUT2D eigenvalue weighted by Gasteiger charge is 2.18. The van der Waals surface area contributed by atoms with Crippen LogP contribution in [0.4, 0.5) is 5.69 Å². The molecule has 3 heterocycles. The summed E-state index contributed by atoms with van der Waals surface area (Å²) in [6.07, 6.45) is 7.55. The molecular weight excluding hydrogens is 464 g/mol. The molecule has 8 heteroatoms. The summed E-state index contributed by atoms with van der Waals surface area (Å²) < 4.78 is 1.92. The van der Waals surface area contributed by atoms with Crippen LogP contribution in [0.1, 0.15) is 11.1 Å². The largest absolute Gasteiger partial charge is 0.394 e. The molecule has 0 fully saturated rings. The highest BCUT2D eigenvalue weighted by Crippen LogP contribution is 2.28. The summed E-state index contributed by atoms with van der Waals surface area (Å²) in [4.78, 5) is 28.0. The third-order valence-corrected chi connectivity index (χ3v) is 6.64. The lowest BCUT2D eigenvalue weighted by Crippen LogP contribution is -2.28. The van der Waals surface area contributed by atoms with E-state index in [1.165, 1.54) is 5.39 Å². The van der Waals surface area contributed by atoms with Gasteiger partial charge in [-0.05, 0) is 53.4 Å². The predicted octanol–water partition coefficient (Wildman–Crippen LogP) is 4.58. The molecule has 6 rings (SSSR count). The first-order valence-electron chi connectivity index (χ1n) is 12.1. The molecule has 0 saturated heterocycles. The zero-order chi connectivity index (χ0) is 25.4. The number of nitrogens with one attached hydrogen (secondary N) is 3. The molecule has 8 nitrogen and oxygen atoms in total. The van der Waals surface area contributed by atoms with Gasteiger partial charge in [-0.3, -0.25) is 4.79 Å². The van der Waals surface area contributed by atoms with Crippen LogP contribution in [0.2, 0.25) is 0 Å². The van der Waals surface area contributed by atoms with Crippen LogP contribution in [0, 0.1) is 6.92 Å². The van der Waals surface area contributed by atoms with E-state index >= 15 is 0 Å². The van der Waals surface area contributed by atoms with Crippen LogP contribution in [0.5, 0.6) is 0 Å². The van der Waals surface area contributed by atoms with Crippen LogP contribution in [-0.2, 0) is 6.42 Å². The molecule has 0 aliphatic heterocycles. The van der Waals surface area contributed by atoms with Crippen molar-refractivity contribution in [2.75, 3.05) is 11.9 Å². The maximum Gasteiger partial charge on any atom is 0.261 e. The maximum atomic E-state index is 13.0. The van der Waals surface area contributed by atoms with Crippen molar-refractivity contribution in [3.8, 4) is 17.1 Å². The Morgan fingerprint density at radius 1 is 1.08 bits per heavy atom. The standard InChI is InChI=1S/C29H26N6O2/c1-18-12-23(35-11-10-30-17-35)15-25-27(18)34-28(33-25)26-24(8-9-31-29(26)37)32-22(16-36)14-19-6-7-20-4-2-3-5-21(20)13-19/h2-13,15,17,22,36H,14,16H2,1H3,(H,33,34)(H2,31,32,37)/t22-/m1/s1. The monoisotopic (exact) mass is 490 g/mol. The van der Waals surface area contributed by atoms with Gasteiger partial charge in [0.25, 0.3) is 5.56 Å². The van der Waals surface area contributed by atoms with E-state index in [-0.39, 0.29) is 18.2 Å². The van der Waals surface area contributed by atoms with E-state index in [2.05, 4.69) is 50.6 Å². The molecule has 0 saturated carbocycles. The van der Waals surface area contributed by atoms with Crippen molar-refractivity contribution in [1.82, 2.24) is 24.5 Å². The maximum absolute atomic E-state index is 13.0. The Bertz CT molecular complexity index is 1770. The normalized spacial score (nSPS) is 12.3. The summed E-state index contributed by atoms with van der Waals surface area (Å²) in [5.41, 5.74) is 5.39. The van der Waals surface area contributed by atoms with Crippen LogP contribution in [-0.4, -0.2) is 42.3 Å². The molecule has 3 aromatic heterocycles. The number of rotatable bonds is 7. The number of fused-ring (bicyclic) bond motifs is 2. The zero-order valence-electron chi connectivity index (χ0n) is 20.3. The molecule has 0 aliphatic carbocycles. The summed E-state index contributed by atoms with van der Waals surface area (Å²) in [6.45, 7) is 1.90. The van der Waals surface area contributed by atoms with E-state index in [0.29, 0.717) is 23.5 Å². The second-order valence-electron chi connectivity index (χ2n) is 9.22. The van der Waals surface area contributed by atoms with E-state index in [1.54, 1.807) is 24.8 Å². The topological polar surface area (TPSA) is 112 Å². The smallest absolute Gasteiger partial charge is 0.261 e. The van der Waals surface area contributed by atoms with Gasteiger partial charge in [-0.1, -0.05) is 42.5 Å². The van der Waals surface area contributed by atoms with Gasteiger partial charge >= 0.3 is 0 Å². The van der Waals surface area contributed by atoms with Crippen molar-refractivity contribution >= 4 is 27.5 Å². The van der Waals surface area contributed by atoms with E-state index in [1.807, 2.05) is 42.0 Å². The Morgan fingerprint density at radius 2 is 1.95 bits per heavy atom. The van der Waals surface area contributed by atoms with Crippen LogP contribution in [0.15, 0.2) is 90.4 Å². The first kappa shape index (κ1) is 22.8. The molecule has 0 bridgehead atoms. The van der Waals surface area contributed by atoms with Crippen LogP contribution in [0.3, 0.4) is 0 Å². The van der Waals surface area contributed by atoms with E-state index in [9.17, 15) is 9.90 Å². The number of hydrogen-bond donors (Lipinski definition) is 4. The van der Waals surface area contributed by atoms with Gasteiger partial charge in [-0.15, -0.1) is 0 Å². The molecular formula is C29H26N6O2. The highest BCUT2D eigenvalue weighted by atomic mass is 16.3. The zero-order valence-corrected chi connectivity index (χ0v) is 20.3. The molecule has 0 aliphatic rings. The first-order chi connectivity index (χ1) is 18.1. The highest BCUT2D eigenvalue weighted by molar-refractivity contribution is 5.86. The molecule has 1 atom stereocenters. The van der Waals surface area contributed by atoms with Crippen LogP contribution >= 0.6 is 0 Å². The third kappa shape index (κ3) is 4.39. The Kier molecular flexibility index (Phi) is 5.78. The Balaban J connectivity index is 1.34. The molecule has 3 aromatic carbocycles. The van der Waals surface area contributed by atoms with Crippen molar-refractivity contribution in [3.63, 3.8) is 0 Å². The Labute approximate surface area is 212 Å². The molecule has 0 radical (unpaired) electrons. The number of pyridine rings is 1. The average Bonchev–Trinajstić information content (AvgIpc) is 3.59. The molecule has 37 heavy (non-hydrogen) atoms. The van der Waals surface area contributed by atoms with Gasteiger partial charge in [0.1, 0.15) is 11.4 Å². The average molecular weight is 491 g/mol. The van der Waals surface area contributed by atoms with E-state index < -0.39 is 0 Å². The Morgan fingerprint density at radius 3 is 2.76 bits per heavy atom. The SMILES string of the molecule is Cc1cc(-n2ccnc2)cc2[nH]c(-c3c(N[C@@H](CO)Cc4ccc5ccccc5c4)cc[nH]c3=O)nc12. The van der Waals surface area contributed by atoms with Gasteiger partial charge < -0.3 is 25.0 Å². The van der Waals surface area contributed by atoms with Crippen molar-refractivity contribution in [2.45, 2.75) is 19.4 Å². The molecule has 4 N–H and O–H groups in total. The number of aliphatic hydroxyl groups is 1. The van der Waals surface area contributed by atoms with Gasteiger partial charge in [-0.2, -0.15) is 0 Å². The first-order valence-corrected chi connectivity index (χ1v) is 12.1. The van der Waals surface area contributed by atoms with E-state index in [4.69, 9.17) is 4.98 Å².